The maximum Gasteiger partial charge on any atom is 0.335 e. The quantitative estimate of drug-likeness (QED) is 0.0134. The number of hydrogen-bond donors (Lipinski definition) is 18. The van der Waals surface area contributed by atoms with Crippen molar-refractivity contribution in [2.75, 3.05) is 32.1 Å². The molecule has 3 unspecified atom stereocenters. The van der Waals surface area contributed by atoms with Crippen LogP contribution in [0.4, 0.5) is 0 Å². The average Bonchev–Trinajstić information content (AvgIpc) is 3.53. The van der Waals surface area contributed by atoms with E-state index in [0.717, 1.165) is 51.5 Å². The number of carboxylic acids is 2. The highest BCUT2D eigenvalue weighted by Gasteiger charge is 2.41. The minimum absolute atomic E-state index is 0.123. The molecule has 1 heterocycles. The van der Waals surface area contributed by atoms with Crippen LogP contribution in [-0.4, -0.2) is 207 Å². The lowest BCUT2D eigenvalue weighted by atomic mass is 10.0. The van der Waals surface area contributed by atoms with E-state index < -0.39 is 181 Å². The molecule has 0 spiro atoms. The van der Waals surface area contributed by atoms with E-state index in [1.807, 2.05) is 10.6 Å². The number of rotatable bonds is 32. The zero-order valence-corrected chi connectivity index (χ0v) is 50.7. The highest BCUT2D eigenvalue weighted by Crippen LogP contribution is 2.15. The number of alkyl halides is 1. The second kappa shape index (κ2) is 43.9. The summed E-state index contributed by atoms with van der Waals surface area (Å²) in [6, 6.07) is -15.8. The number of unbranched alkanes of at least 4 members (excludes halogenated alkanes) is 13. The predicted molar refractivity (Wildman–Crippen MR) is 314 cm³/mol. The highest BCUT2D eigenvalue weighted by molar-refractivity contribution is 6.18. The van der Waals surface area contributed by atoms with Crippen LogP contribution in [-0.2, 0) is 62.3 Å². The summed E-state index contributed by atoms with van der Waals surface area (Å²) in [5.41, 5.74) is 16.5. The van der Waals surface area contributed by atoms with Crippen molar-refractivity contribution < 1.29 is 92.9 Å². The number of cyclic esters (lactones) is 1. The smallest absolute Gasteiger partial charge is 0.335 e. The fourth-order valence-corrected chi connectivity index (χ4v) is 9.11. The first-order chi connectivity index (χ1) is 41.3. The van der Waals surface area contributed by atoms with Gasteiger partial charge in [-0.3, -0.25) is 47.9 Å². The van der Waals surface area contributed by atoms with Crippen molar-refractivity contribution in [3.05, 3.63) is 11.8 Å². The molecule has 1 fully saturated rings. The third kappa shape index (κ3) is 30.7. The van der Waals surface area contributed by atoms with E-state index in [1.165, 1.54) is 45.4 Å². The minimum Gasteiger partial charge on any atom is -0.481 e. The first-order valence-electron chi connectivity index (χ1n) is 29.7. The molecule has 87 heavy (non-hydrogen) atoms. The molecule has 0 radical (unpaired) electrons. The number of hydrogen-bond acceptors (Lipinski definition) is 20. The van der Waals surface area contributed by atoms with Gasteiger partial charge in [0.15, 0.2) is 12.1 Å². The van der Waals surface area contributed by atoms with Gasteiger partial charge in [-0.15, -0.1) is 11.6 Å². The van der Waals surface area contributed by atoms with Crippen LogP contribution in [0.3, 0.4) is 0 Å². The Labute approximate surface area is 511 Å². The predicted octanol–water partition coefficient (Wildman–Crippen LogP) is -3.60. The van der Waals surface area contributed by atoms with Gasteiger partial charge in [-0.1, -0.05) is 96.5 Å². The van der Waals surface area contributed by atoms with Crippen LogP contribution in [0, 0.1) is 0 Å². The van der Waals surface area contributed by atoms with Gasteiger partial charge in [0.05, 0.1) is 37.0 Å². The van der Waals surface area contributed by atoms with E-state index in [1.54, 1.807) is 0 Å². The van der Waals surface area contributed by atoms with Crippen LogP contribution in [0.25, 0.3) is 0 Å². The normalized spacial score (nSPS) is 23.9. The van der Waals surface area contributed by atoms with Gasteiger partial charge in [-0.2, -0.15) is 0 Å². The summed E-state index contributed by atoms with van der Waals surface area (Å²) in [5, 5.41) is 82.4. The number of ether oxygens (including phenoxy) is 1. The van der Waals surface area contributed by atoms with Crippen LogP contribution in [0.2, 0.25) is 0 Å². The molecule has 31 nitrogen and oxygen atoms in total. The number of nitrogens with two attached hydrogens (primary N) is 3. The van der Waals surface area contributed by atoms with Crippen LogP contribution < -0.4 is 65.1 Å². The van der Waals surface area contributed by atoms with Crippen molar-refractivity contribution >= 4 is 82.7 Å². The van der Waals surface area contributed by atoms with Crippen LogP contribution in [0.15, 0.2) is 11.8 Å². The number of aliphatic hydroxyl groups excluding tert-OH is 4. The molecule has 1 saturated heterocycles. The number of aliphatic carboxylic acids is 2. The molecule has 0 saturated carbocycles. The molecule has 0 aromatic heterocycles. The Bertz CT molecular complexity index is 2270. The summed E-state index contributed by atoms with van der Waals surface area (Å²) in [7, 11) is 0. The molecular formula is C55H95ClN12O19. The number of carboxylic acid groups (broad SMARTS) is 2. The summed E-state index contributed by atoms with van der Waals surface area (Å²) in [6.45, 7) is 2.68. The van der Waals surface area contributed by atoms with Crippen molar-refractivity contribution in [2.45, 2.75) is 228 Å². The standard InChI is InChI=1S/C55H95ClN12O19/c1-4-6-7-8-9-10-11-12-13-14-15-16-17-20-32(70)27-40(72)60-38-30-87-55(86)43(39(71)29-56)67-53(83)44(45(75)54(84)85)68-46(76)33(5-2)61-52(82)42(31(3)69)66-49(79)36(23-26-59)63-47(77)34(21-18-19-24-57)62-50(80)37(28-41(73)74)65-48(78)35(22-25-58)64-51(38)81/h5,31-32,34-39,42-45,69-71,75H,4,6-30,57-59H2,1-3H3,(H,60,72)(H,61,82)(H,62,80)(H,63,77)(H,64,81)(H,65,78)(H,66,79)(H,67,83)(H,68,76)(H,73,74)(H,84,85)/b33-5-/t31-,32+,34-,35+,36-,37+,38-,39?,42?,43-,44?,45-/m0/s1. The molecule has 496 valence electrons. The zero-order chi connectivity index (χ0) is 65.6. The van der Waals surface area contributed by atoms with Crippen molar-refractivity contribution in [3.8, 4) is 0 Å². The number of allylic oxidation sites excluding steroid dienone is 1. The van der Waals surface area contributed by atoms with E-state index in [2.05, 4.69) is 44.1 Å². The lowest BCUT2D eigenvalue weighted by Crippen LogP contribution is -2.62. The molecule has 0 aromatic rings. The number of amides is 9. The Kier molecular flexibility index (Phi) is 39.6. The number of aliphatic hydroxyl groups is 4. The van der Waals surface area contributed by atoms with Gasteiger partial charge in [0, 0.05) is 0 Å². The number of carbonyl (C=O) groups excluding carboxylic acids is 10. The van der Waals surface area contributed by atoms with Gasteiger partial charge in [0.1, 0.15) is 54.6 Å². The van der Waals surface area contributed by atoms with E-state index in [4.69, 9.17) is 33.5 Å². The monoisotopic (exact) mass is 1260 g/mol. The minimum atomic E-state index is -2.83. The molecule has 1 aliphatic heterocycles. The summed E-state index contributed by atoms with van der Waals surface area (Å²) in [4.78, 5) is 163. The zero-order valence-electron chi connectivity index (χ0n) is 50.0. The van der Waals surface area contributed by atoms with Crippen molar-refractivity contribution in [2.24, 2.45) is 17.2 Å². The van der Waals surface area contributed by atoms with Crippen LogP contribution in [0.1, 0.15) is 156 Å². The summed E-state index contributed by atoms with van der Waals surface area (Å²) in [5.74, 6) is -17.8. The fourth-order valence-electron chi connectivity index (χ4n) is 8.93. The molecule has 21 N–H and O–H groups in total. The molecule has 0 bridgehead atoms. The molecule has 9 amide bonds. The Hall–Kier alpha value is -6.61. The van der Waals surface area contributed by atoms with Gasteiger partial charge in [-0.05, 0) is 72.0 Å². The SMILES string of the molecule is C/C=C1\NC(=O)C([C@H](C)O)NC(=O)[C@H](CCN)NC(=O)[C@H](CCCCN)NC(=O)[C@@H](CC(=O)O)NC(=O)[C@@H](CCN)NC(=O)[C@@H](NC(=O)C[C@H](O)CCCCCCCCCCCCCCC)COC(=O)[C@H](C(O)CCl)NC(=O)C([C@H](O)C(=O)O)NC1=O. The van der Waals surface area contributed by atoms with Crippen LogP contribution in [0.5, 0.6) is 0 Å². The van der Waals surface area contributed by atoms with Gasteiger partial charge in [-0.25, -0.2) is 9.59 Å². The first kappa shape index (κ1) is 78.4. The number of halogens is 1. The van der Waals surface area contributed by atoms with Gasteiger partial charge in [0.25, 0.3) is 5.91 Å². The number of esters is 1. The number of nitrogens with one attached hydrogen (secondary N) is 9. The second-order valence-electron chi connectivity index (χ2n) is 21.3. The summed E-state index contributed by atoms with van der Waals surface area (Å²) in [6.07, 6.45) is 4.80. The van der Waals surface area contributed by atoms with Gasteiger partial charge in [0.2, 0.25) is 47.3 Å². The number of carbonyl (C=O) groups is 12. The lowest BCUT2D eigenvalue weighted by Gasteiger charge is -2.28. The summed E-state index contributed by atoms with van der Waals surface area (Å²) >= 11 is 5.87. The Morgan fingerprint density at radius 2 is 1.08 bits per heavy atom. The van der Waals surface area contributed by atoms with E-state index in [-0.39, 0.29) is 45.3 Å². The molecule has 12 atom stereocenters. The topological polar surface area (TPSA) is 522 Å². The first-order valence-corrected chi connectivity index (χ1v) is 30.2. The molecule has 1 aliphatic rings. The second-order valence-corrected chi connectivity index (χ2v) is 21.6. The Balaban J connectivity index is 3.88. The molecule has 32 heteroatoms. The maximum absolute atomic E-state index is 14.2. The lowest BCUT2D eigenvalue weighted by molar-refractivity contribution is -0.155. The largest absolute Gasteiger partial charge is 0.481 e. The Morgan fingerprint density at radius 1 is 0.598 bits per heavy atom. The average molecular weight is 1260 g/mol. The molecular weight excluding hydrogens is 1170 g/mol. The molecule has 0 aliphatic carbocycles. The summed E-state index contributed by atoms with van der Waals surface area (Å²) < 4.78 is 5.29. The van der Waals surface area contributed by atoms with E-state index >= 15 is 0 Å². The van der Waals surface area contributed by atoms with E-state index in [9.17, 15) is 88.2 Å². The van der Waals surface area contributed by atoms with E-state index in [0.29, 0.717) is 12.8 Å². The van der Waals surface area contributed by atoms with Crippen molar-refractivity contribution in [1.82, 2.24) is 47.9 Å². The fraction of sp³-hybridized carbons (Fsp3) is 0.745. The van der Waals surface area contributed by atoms with Crippen molar-refractivity contribution in [3.63, 3.8) is 0 Å². The third-order valence-corrected chi connectivity index (χ3v) is 14.3. The third-order valence-electron chi connectivity index (χ3n) is 14.0. The van der Waals surface area contributed by atoms with Gasteiger partial charge < -0.3 is 100 Å². The van der Waals surface area contributed by atoms with Gasteiger partial charge >= 0.3 is 17.9 Å². The maximum atomic E-state index is 14.2. The molecule has 0 aromatic carbocycles. The van der Waals surface area contributed by atoms with Crippen molar-refractivity contribution in [1.29, 1.82) is 0 Å². The highest BCUT2D eigenvalue weighted by atomic mass is 35.5. The Morgan fingerprint density at radius 3 is 1.56 bits per heavy atom. The molecule has 1 rings (SSSR count). The van der Waals surface area contributed by atoms with Crippen LogP contribution >= 0.6 is 11.6 Å².